The Morgan fingerprint density at radius 1 is 1.17 bits per heavy atom. The second-order valence-electron chi connectivity index (χ2n) is 7.90. The molecule has 1 saturated heterocycles. The second kappa shape index (κ2) is 9.64. The fourth-order valence-corrected chi connectivity index (χ4v) is 3.75. The molecule has 3 aromatic rings. The van der Waals surface area contributed by atoms with Gasteiger partial charge in [-0.2, -0.15) is 0 Å². The van der Waals surface area contributed by atoms with Crippen LogP contribution in [0.4, 0.5) is 16.2 Å². The Bertz CT molecular complexity index is 1370. The Labute approximate surface area is 200 Å². The van der Waals surface area contributed by atoms with Crippen LogP contribution in [-0.2, 0) is 16.0 Å². The van der Waals surface area contributed by atoms with Crippen molar-refractivity contribution in [2.75, 3.05) is 11.9 Å². The number of hydrogen-bond donors (Lipinski definition) is 2. The number of hydrogen-bond acceptors (Lipinski definition) is 6. The highest BCUT2D eigenvalue weighted by molar-refractivity contribution is 6.15. The minimum atomic E-state index is -0.710. The maximum Gasteiger partial charge on any atom is 0.329 e. The minimum Gasteiger partial charge on any atom is -0.457 e. The van der Waals surface area contributed by atoms with Crippen LogP contribution in [0.25, 0.3) is 17.4 Å². The molecule has 4 rings (SSSR count). The molecule has 1 fully saturated rings. The molecule has 2 heterocycles. The van der Waals surface area contributed by atoms with Gasteiger partial charge >= 0.3 is 6.03 Å². The third kappa shape index (κ3) is 4.96. The zero-order valence-electron chi connectivity index (χ0n) is 19.0. The summed E-state index contributed by atoms with van der Waals surface area (Å²) in [5.41, 5.74) is 2.83. The van der Waals surface area contributed by atoms with Crippen LogP contribution >= 0.6 is 0 Å². The number of nitro benzene ring substituents is 1. The third-order valence-corrected chi connectivity index (χ3v) is 5.54. The van der Waals surface area contributed by atoms with E-state index in [4.69, 9.17) is 4.42 Å². The standard InChI is InChI=1S/C25H22N4O6/c1-3-16-6-4-5-7-20(16)26-23(30)14-28-24(31)21(27-25(28)32)13-18-9-11-22(35-18)19-10-8-17(29(33)34)12-15(19)2/h4-13H,3,14H2,1-2H3,(H,26,30)(H,27,32)/b21-13-. The van der Waals surface area contributed by atoms with Gasteiger partial charge < -0.3 is 15.1 Å². The molecule has 0 aliphatic carbocycles. The first-order valence-corrected chi connectivity index (χ1v) is 10.8. The first-order valence-electron chi connectivity index (χ1n) is 10.8. The van der Waals surface area contributed by atoms with Crippen molar-refractivity contribution in [3.8, 4) is 11.3 Å². The molecule has 1 aliphatic heterocycles. The number of benzene rings is 2. The van der Waals surface area contributed by atoms with Crippen molar-refractivity contribution in [3.63, 3.8) is 0 Å². The minimum absolute atomic E-state index is 0.0262. The van der Waals surface area contributed by atoms with Crippen molar-refractivity contribution in [1.82, 2.24) is 10.2 Å². The third-order valence-electron chi connectivity index (χ3n) is 5.54. The number of furan rings is 1. The summed E-state index contributed by atoms with van der Waals surface area (Å²) in [6.45, 7) is 3.25. The van der Waals surface area contributed by atoms with E-state index in [0.717, 1.165) is 16.9 Å². The van der Waals surface area contributed by atoms with Gasteiger partial charge in [0.25, 0.3) is 11.6 Å². The van der Waals surface area contributed by atoms with E-state index in [1.165, 1.54) is 18.2 Å². The second-order valence-corrected chi connectivity index (χ2v) is 7.90. The van der Waals surface area contributed by atoms with Crippen LogP contribution in [0.3, 0.4) is 0 Å². The number of aryl methyl sites for hydroxylation is 2. The topological polar surface area (TPSA) is 135 Å². The fourth-order valence-electron chi connectivity index (χ4n) is 3.75. The summed E-state index contributed by atoms with van der Waals surface area (Å²) in [5.74, 6) is -0.403. The summed E-state index contributed by atoms with van der Waals surface area (Å²) < 4.78 is 5.77. The summed E-state index contributed by atoms with van der Waals surface area (Å²) in [6.07, 6.45) is 2.09. The number of nitrogens with one attached hydrogen (secondary N) is 2. The van der Waals surface area contributed by atoms with Crippen LogP contribution in [0.2, 0.25) is 0 Å². The largest absolute Gasteiger partial charge is 0.457 e. The molecule has 2 aromatic carbocycles. The molecule has 0 unspecified atom stereocenters. The van der Waals surface area contributed by atoms with E-state index in [1.807, 2.05) is 19.1 Å². The van der Waals surface area contributed by atoms with Crippen molar-refractivity contribution < 1.29 is 23.7 Å². The molecule has 0 spiro atoms. The van der Waals surface area contributed by atoms with Gasteiger partial charge in [-0.05, 0) is 48.7 Å². The van der Waals surface area contributed by atoms with Crippen LogP contribution in [0.15, 0.2) is 64.7 Å². The normalized spacial score (nSPS) is 14.3. The monoisotopic (exact) mass is 474 g/mol. The number of imide groups is 1. The van der Waals surface area contributed by atoms with Crippen LogP contribution in [0.5, 0.6) is 0 Å². The Balaban J connectivity index is 1.47. The number of non-ortho nitro benzene ring substituents is 1. The predicted molar refractivity (Wildman–Crippen MR) is 128 cm³/mol. The molecule has 0 atom stereocenters. The van der Waals surface area contributed by atoms with Crippen LogP contribution in [-0.4, -0.2) is 34.2 Å². The van der Waals surface area contributed by atoms with Crippen molar-refractivity contribution in [1.29, 1.82) is 0 Å². The maximum atomic E-state index is 12.8. The van der Waals surface area contributed by atoms with Gasteiger partial charge in [0.15, 0.2) is 0 Å². The van der Waals surface area contributed by atoms with Gasteiger partial charge in [-0.15, -0.1) is 0 Å². The van der Waals surface area contributed by atoms with Gasteiger partial charge in [0.05, 0.1) is 4.92 Å². The average Bonchev–Trinajstić information content (AvgIpc) is 3.39. The number of carbonyl (C=O) groups excluding carboxylic acids is 3. The smallest absolute Gasteiger partial charge is 0.329 e. The van der Waals surface area contributed by atoms with Gasteiger partial charge in [0, 0.05) is 29.5 Å². The SMILES string of the molecule is CCc1ccccc1NC(=O)CN1C(=O)N/C(=C\c2ccc(-c3ccc([N+](=O)[O-])cc3C)o2)C1=O. The molecule has 178 valence electrons. The molecule has 0 radical (unpaired) electrons. The number of urea groups is 1. The van der Waals surface area contributed by atoms with E-state index in [2.05, 4.69) is 10.6 Å². The quantitative estimate of drug-likeness (QED) is 0.227. The highest BCUT2D eigenvalue weighted by atomic mass is 16.6. The fraction of sp³-hybridized carbons (Fsp3) is 0.160. The summed E-state index contributed by atoms with van der Waals surface area (Å²) in [6, 6.07) is 14.3. The number of rotatable bonds is 7. The lowest BCUT2D eigenvalue weighted by atomic mass is 10.1. The zero-order chi connectivity index (χ0) is 25.1. The van der Waals surface area contributed by atoms with Gasteiger partial charge in [-0.1, -0.05) is 25.1 Å². The average molecular weight is 474 g/mol. The molecule has 1 aliphatic rings. The van der Waals surface area contributed by atoms with E-state index in [1.54, 1.807) is 37.3 Å². The lowest BCUT2D eigenvalue weighted by Crippen LogP contribution is -2.38. The number of nitro groups is 1. The van der Waals surface area contributed by atoms with Crippen LogP contribution in [0.1, 0.15) is 23.8 Å². The van der Waals surface area contributed by atoms with E-state index >= 15 is 0 Å². The van der Waals surface area contributed by atoms with Crippen molar-refractivity contribution in [3.05, 3.63) is 87.3 Å². The number of para-hydroxylation sites is 1. The summed E-state index contributed by atoms with van der Waals surface area (Å²) in [5, 5.41) is 16.1. The Morgan fingerprint density at radius 3 is 2.66 bits per heavy atom. The molecule has 0 saturated carbocycles. The van der Waals surface area contributed by atoms with Gasteiger partial charge in [0.2, 0.25) is 5.91 Å². The molecule has 35 heavy (non-hydrogen) atoms. The Morgan fingerprint density at radius 2 is 1.94 bits per heavy atom. The van der Waals surface area contributed by atoms with E-state index in [0.29, 0.717) is 28.3 Å². The summed E-state index contributed by atoms with van der Waals surface area (Å²) in [7, 11) is 0. The lowest BCUT2D eigenvalue weighted by molar-refractivity contribution is -0.384. The van der Waals surface area contributed by atoms with Gasteiger partial charge in [0.1, 0.15) is 23.8 Å². The van der Waals surface area contributed by atoms with Crippen molar-refractivity contribution in [2.24, 2.45) is 0 Å². The van der Waals surface area contributed by atoms with Crippen molar-refractivity contribution >= 4 is 35.3 Å². The zero-order valence-corrected chi connectivity index (χ0v) is 19.0. The first-order chi connectivity index (χ1) is 16.8. The number of amides is 4. The van der Waals surface area contributed by atoms with Crippen LogP contribution < -0.4 is 10.6 Å². The predicted octanol–water partition coefficient (Wildman–Crippen LogP) is 4.26. The summed E-state index contributed by atoms with van der Waals surface area (Å²) >= 11 is 0. The maximum absolute atomic E-state index is 12.8. The Hall–Kier alpha value is -4.73. The van der Waals surface area contributed by atoms with Crippen molar-refractivity contribution in [2.45, 2.75) is 20.3 Å². The summed E-state index contributed by atoms with van der Waals surface area (Å²) in [4.78, 5) is 48.9. The number of nitrogens with zero attached hydrogens (tertiary/aromatic N) is 2. The molecular formula is C25H22N4O6. The molecule has 10 heteroatoms. The molecule has 1 aromatic heterocycles. The Kier molecular flexibility index (Phi) is 6.45. The highest BCUT2D eigenvalue weighted by Gasteiger charge is 2.35. The molecular weight excluding hydrogens is 452 g/mol. The molecule has 0 bridgehead atoms. The van der Waals surface area contributed by atoms with E-state index in [9.17, 15) is 24.5 Å². The number of carbonyl (C=O) groups is 3. The van der Waals surface area contributed by atoms with Gasteiger partial charge in [-0.3, -0.25) is 19.7 Å². The van der Waals surface area contributed by atoms with Gasteiger partial charge in [-0.25, -0.2) is 9.69 Å². The van der Waals surface area contributed by atoms with E-state index < -0.39 is 29.3 Å². The molecule has 2 N–H and O–H groups in total. The lowest BCUT2D eigenvalue weighted by Gasteiger charge is -2.13. The number of anilines is 1. The van der Waals surface area contributed by atoms with Crippen LogP contribution in [0, 0.1) is 17.0 Å². The highest BCUT2D eigenvalue weighted by Crippen LogP contribution is 2.29. The molecule has 10 nitrogen and oxygen atoms in total. The molecule has 4 amide bonds. The van der Waals surface area contributed by atoms with E-state index in [-0.39, 0.29) is 11.4 Å². The first kappa shape index (κ1) is 23.4.